The minimum atomic E-state index is -5.08. The van der Waals surface area contributed by atoms with Crippen molar-refractivity contribution in [1.29, 1.82) is 0 Å². The molecule has 0 saturated carbocycles. The van der Waals surface area contributed by atoms with Crippen molar-refractivity contribution in [3.8, 4) is 17.2 Å². The van der Waals surface area contributed by atoms with E-state index in [1.165, 1.54) is 45.2 Å². The summed E-state index contributed by atoms with van der Waals surface area (Å²) in [5.74, 6) is -1.04. The number of amides is 1. The van der Waals surface area contributed by atoms with Crippen LogP contribution in [0.25, 0.3) is 0 Å². The number of nitrogens with one attached hydrogen (secondary N) is 1. The van der Waals surface area contributed by atoms with Crippen LogP contribution in [-0.2, 0) is 16.7 Å². The molecule has 0 unspecified atom stereocenters. The molecule has 3 aromatic rings. The predicted molar refractivity (Wildman–Crippen MR) is 148 cm³/mol. The van der Waals surface area contributed by atoms with Gasteiger partial charge in [-0.1, -0.05) is 77.3 Å². The van der Waals surface area contributed by atoms with E-state index < -0.39 is 45.2 Å². The number of hydrogen-bond donors (Lipinski definition) is 1. The third-order valence-corrected chi connectivity index (χ3v) is 7.48. The summed E-state index contributed by atoms with van der Waals surface area (Å²) in [6.07, 6.45) is -11.7. The number of rotatable bonds is 9. The summed E-state index contributed by atoms with van der Waals surface area (Å²) in [6, 6.07) is 15.5. The van der Waals surface area contributed by atoms with Crippen LogP contribution in [-0.4, -0.2) is 35.3 Å². The fraction of sp³-hybridized carbons (Fsp3) is 0.321. The largest absolute Gasteiger partial charge is 0.573 e. The molecule has 1 N–H and O–H groups in total. The quantitative estimate of drug-likeness (QED) is 0.182. The molecule has 0 bridgehead atoms. The van der Waals surface area contributed by atoms with E-state index in [0.29, 0.717) is 11.3 Å². The van der Waals surface area contributed by atoms with Crippen LogP contribution in [0.15, 0.2) is 72.8 Å². The second kappa shape index (κ2) is 12.8. The van der Waals surface area contributed by atoms with Crippen molar-refractivity contribution >= 4 is 40.9 Å². The maximum absolute atomic E-state index is 13.5. The number of alkyl halides is 9. The second-order valence-electron chi connectivity index (χ2n) is 9.57. The maximum Gasteiger partial charge on any atom is 0.573 e. The van der Waals surface area contributed by atoms with E-state index in [1.807, 2.05) is 0 Å². The first kappa shape index (κ1) is 34.3. The highest BCUT2D eigenvalue weighted by Gasteiger charge is 2.46. The van der Waals surface area contributed by atoms with Crippen LogP contribution < -0.4 is 19.5 Å². The van der Waals surface area contributed by atoms with Crippen molar-refractivity contribution in [2.75, 3.05) is 7.11 Å². The normalized spacial score (nSPS) is 12.8. The zero-order chi connectivity index (χ0) is 32.3. The molecule has 0 heterocycles. The van der Waals surface area contributed by atoms with Gasteiger partial charge in [0.05, 0.1) is 12.6 Å². The van der Waals surface area contributed by atoms with Gasteiger partial charge >= 0.3 is 18.8 Å². The number of carbonyl (C=O) groups is 1. The smallest absolute Gasteiger partial charge is 0.496 e. The van der Waals surface area contributed by atoms with E-state index in [2.05, 4.69) is 14.8 Å². The van der Waals surface area contributed by atoms with Gasteiger partial charge in [-0.15, -0.1) is 26.3 Å². The number of alkyl carbamates (subject to hydrolysis) is 1. The lowest BCUT2D eigenvalue weighted by Gasteiger charge is -2.39. The summed E-state index contributed by atoms with van der Waals surface area (Å²) >= 11 is 17.9. The molecule has 0 spiro atoms. The van der Waals surface area contributed by atoms with Crippen molar-refractivity contribution < 1.29 is 50.1 Å². The van der Waals surface area contributed by atoms with Crippen molar-refractivity contribution in [3.05, 3.63) is 89.5 Å². The van der Waals surface area contributed by atoms with E-state index in [9.17, 15) is 31.1 Å². The minimum absolute atomic E-state index is 0.0482. The Bertz CT molecular complexity index is 1370. The Morgan fingerprint density at radius 3 is 1.70 bits per heavy atom. The first-order valence-electron chi connectivity index (χ1n) is 12.2. The number of ether oxygens (including phenoxy) is 4. The summed E-state index contributed by atoms with van der Waals surface area (Å²) in [5.41, 5.74) is -3.40. The SMILES string of the molecule is COc1ccccc1CC(NC(=O)OC(C)(C)C(Cl)(Cl)Cl)(c1cccc(OC(F)(F)F)c1)c1cccc(OC(F)(F)F)c1. The number of methoxy groups -OCH3 is 1. The van der Waals surface area contributed by atoms with Crippen LogP contribution in [0, 0.1) is 0 Å². The number of carbonyl (C=O) groups excluding carboxylic acids is 1. The average molecular weight is 675 g/mol. The third-order valence-electron chi connectivity index (χ3n) is 6.11. The lowest BCUT2D eigenvalue weighted by molar-refractivity contribution is -0.275. The van der Waals surface area contributed by atoms with Gasteiger partial charge < -0.3 is 24.3 Å². The molecule has 0 atom stereocenters. The summed E-state index contributed by atoms with van der Waals surface area (Å²) in [6.45, 7) is 2.58. The zero-order valence-electron chi connectivity index (χ0n) is 22.6. The van der Waals surface area contributed by atoms with Crippen LogP contribution in [0.4, 0.5) is 31.1 Å². The lowest BCUT2D eigenvalue weighted by Crippen LogP contribution is -2.52. The monoisotopic (exact) mass is 673 g/mol. The van der Waals surface area contributed by atoms with Crippen molar-refractivity contribution in [2.45, 2.75) is 47.9 Å². The highest BCUT2D eigenvalue weighted by Crippen LogP contribution is 2.42. The molecule has 234 valence electrons. The minimum Gasteiger partial charge on any atom is -0.496 e. The first-order valence-corrected chi connectivity index (χ1v) is 13.3. The molecule has 0 saturated heterocycles. The number of benzene rings is 3. The molecule has 1 amide bonds. The van der Waals surface area contributed by atoms with E-state index >= 15 is 0 Å². The van der Waals surface area contributed by atoms with Gasteiger partial charge in [0, 0.05) is 6.42 Å². The van der Waals surface area contributed by atoms with E-state index in [4.69, 9.17) is 44.3 Å². The van der Waals surface area contributed by atoms with Gasteiger partial charge in [-0.25, -0.2) is 4.79 Å². The third kappa shape index (κ3) is 9.14. The second-order valence-corrected chi connectivity index (χ2v) is 11.8. The maximum atomic E-state index is 13.5. The first-order chi connectivity index (χ1) is 19.7. The number of halogens is 9. The van der Waals surface area contributed by atoms with Crippen LogP contribution in [0.3, 0.4) is 0 Å². The van der Waals surface area contributed by atoms with Gasteiger partial charge in [-0.05, 0) is 60.9 Å². The van der Waals surface area contributed by atoms with Gasteiger partial charge in [0.15, 0.2) is 5.60 Å². The Labute approximate surface area is 257 Å². The Kier molecular flexibility index (Phi) is 10.2. The van der Waals surface area contributed by atoms with E-state index in [1.54, 1.807) is 24.3 Å². The molecule has 3 aromatic carbocycles. The highest BCUT2D eigenvalue weighted by molar-refractivity contribution is 6.68. The van der Waals surface area contributed by atoms with Gasteiger partial charge in [0.1, 0.15) is 17.2 Å². The molecule has 43 heavy (non-hydrogen) atoms. The van der Waals surface area contributed by atoms with Crippen molar-refractivity contribution in [3.63, 3.8) is 0 Å². The molecule has 0 aromatic heterocycles. The Hall–Kier alpha value is -3.22. The molecule has 3 rings (SSSR count). The predicted octanol–water partition coefficient (Wildman–Crippen LogP) is 8.85. The van der Waals surface area contributed by atoms with E-state index in [-0.39, 0.29) is 17.5 Å². The molecule has 0 aliphatic heterocycles. The van der Waals surface area contributed by atoms with Gasteiger partial charge in [-0.2, -0.15) is 0 Å². The summed E-state index contributed by atoms with van der Waals surface area (Å²) in [5, 5.41) is 2.60. The van der Waals surface area contributed by atoms with E-state index in [0.717, 1.165) is 24.3 Å². The van der Waals surface area contributed by atoms with Crippen molar-refractivity contribution in [1.82, 2.24) is 5.32 Å². The summed E-state index contributed by atoms with van der Waals surface area (Å²) in [4.78, 5) is 13.5. The van der Waals surface area contributed by atoms with Crippen LogP contribution >= 0.6 is 34.8 Å². The molecule has 0 radical (unpaired) electrons. The number of para-hydroxylation sites is 1. The molecule has 6 nitrogen and oxygen atoms in total. The Morgan fingerprint density at radius 1 is 0.767 bits per heavy atom. The fourth-order valence-corrected chi connectivity index (χ4v) is 4.22. The number of hydrogen-bond acceptors (Lipinski definition) is 5. The summed E-state index contributed by atoms with van der Waals surface area (Å²) < 4.78 is 95.9. The highest BCUT2D eigenvalue weighted by atomic mass is 35.6. The van der Waals surface area contributed by atoms with Crippen molar-refractivity contribution in [2.24, 2.45) is 0 Å². The van der Waals surface area contributed by atoms with Gasteiger partial charge in [0.25, 0.3) is 0 Å². The Morgan fingerprint density at radius 2 is 1.26 bits per heavy atom. The zero-order valence-corrected chi connectivity index (χ0v) is 24.8. The standard InChI is InChI=1S/C28H24Cl3F6NO5/c1-24(2,26(29,30)31)43-23(39)38-25(16-17-8-4-5-13-22(17)40-3,18-9-6-11-20(14-18)41-27(32,33)34)19-10-7-12-21(15-19)42-28(35,36)37/h4-15H,16H2,1-3H3,(H,38,39). The molecule has 0 aliphatic rings. The molecule has 15 heteroatoms. The molecular weight excluding hydrogens is 651 g/mol. The van der Waals surface area contributed by atoms with Gasteiger partial charge in [-0.3, -0.25) is 0 Å². The lowest BCUT2D eigenvalue weighted by atomic mass is 9.77. The van der Waals surface area contributed by atoms with Crippen LogP contribution in [0.2, 0.25) is 0 Å². The van der Waals surface area contributed by atoms with Crippen LogP contribution in [0.5, 0.6) is 17.2 Å². The molecule has 0 fully saturated rings. The fourth-order valence-electron chi connectivity index (χ4n) is 4.10. The van der Waals surface area contributed by atoms with Gasteiger partial charge in [0.2, 0.25) is 3.79 Å². The Balaban J connectivity index is 2.32. The molecular formula is C28H24Cl3F6NO5. The molecule has 0 aliphatic carbocycles. The summed E-state index contributed by atoms with van der Waals surface area (Å²) in [7, 11) is 1.36. The topological polar surface area (TPSA) is 66.0 Å². The van der Waals surface area contributed by atoms with Crippen LogP contribution in [0.1, 0.15) is 30.5 Å². The average Bonchev–Trinajstić information content (AvgIpc) is 2.86.